The summed E-state index contributed by atoms with van der Waals surface area (Å²) in [5.41, 5.74) is 1.11. The van der Waals surface area contributed by atoms with Crippen LogP contribution in [0.25, 0.3) is 0 Å². The summed E-state index contributed by atoms with van der Waals surface area (Å²) in [4.78, 5) is 14.1. The molecule has 0 bridgehead atoms. The lowest BCUT2D eigenvalue weighted by Gasteiger charge is -2.31. The molecular formula is C13H23ClN4O. The molecule has 2 heterocycles. The molecule has 0 aliphatic carbocycles. The number of nitrogens with one attached hydrogen (secondary N) is 1. The van der Waals surface area contributed by atoms with Gasteiger partial charge in [-0.1, -0.05) is 0 Å². The zero-order valence-electron chi connectivity index (χ0n) is 11.6. The lowest BCUT2D eigenvalue weighted by molar-refractivity contribution is -0.132. The van der Waals surface area contributed by atoms with E-state index in [0.29, 0.717) is 12.5 Å². The molecule has 0 atom stereocenters. The quantitative estimate of drug-likeness (QED) is 0.898. The molecule has 6 heteroatoms. The van der Waals surface area contributed by atoms with Crippen LogP contribution in [0.1, 0.15) is 25.0 Å². The zero-order valence-corrected chi connectivity index (χ0v) is 12.4. The van der Waals surface area contributed by atoms with E-state index in [9.17, 15) is 4.79 Å². The van der Waals surface area contributed by atoms with Gasteiger partial charge in [0.2, 0.25) is 5.91 Å². The Bertz CT molecular complexity index is 401. The van der Waals surface area contributed by atoms with E-state index in [2.05, 4.69) is 10.4 Å². The van der Waals surface area contributed by atoms with Gasteiger partial charge >= 0.3 is 0 Å². The number of rotatable bonds is 4. The normalized spacial score (nSPS) is 15.9. The summed E-state index contributed by atoms with van der Waals surface area (Å²) in [6.45, 7) is 2.04. The average Bonchev–Trinajstić information content (AvgIpc) is 2.81. The molecule has 0 aromatic carbocycles. The first kappa shape index (κ1) is 16.0. The SMILES string of the molecule is CN(C(=O)CCc1ccnn1C)C1CCNCC1.Cl. The second-order valence-electron chi connectivity index (χ2n) is 4.93. The topological polar surface area (TPSA) is 50.2 Å². The molecule has 108 valence electrons. The van der Waals surface area contributed by atoms with Crippen LogP contribution in [-0.4, -0.2) is 46.8 Å². The lowest BCUT2D eigenvalue weighted by atomic mass is 10.0. The monoisotopic (exact) mass is 286 g/mol. The molecule has 0 spiro atoms. The molecule has 5 nitrogen and oxygen atoms in total. The van der Waals surface area contributed by atoms with Gasteiger partial charge in [0.05, 0.1) is 0 Å². The van der Waals surface area contributed by atoms with Gasteiger partial charge in [0.25, 0.3) is 0 Å². The number of amides is 1. The summed E-state index contributed by atoms with van der Waals surface area (Å²) in [5, 5.41) is 7.43. The van der Waals surface area contributed by atoms with Crippen LogP contribution >= 0.6 is 12.4 Å². The maximum Gasteiger partial charge on any atom is 0.222 e. The van der Waals surface area contributed by atoms with Crippen LogP contribution in [0.4, 0.5) is 0 Å². The standard InChI is InChI=1S/C13H22N4O.ClH/c1-16(11-5-8-14-9-6-11)13(18)4-3-12-7-10-15-17(12)2;/h7,10-11,14H,3-6,8-9H2,1-2H3;1H. The van der Waals surface area contributed by atoms with Crippen LogP contribution in [0.3, 0.4) is 0 Å². The predicted molar refractivity (Wildman–Crippen MR) is 77.4 cm³/mol. The number of aryl methyl sites for hydroxylation is 2. The minimum atomic E-state index is 0. The van der Waals surface area contributed by atoms with Crippen molar-refractivity contribution in [1.82, 2.24) is 20.0 Å². The molecule has 1 amide bonds. The Morgan fingerprint density at radius 2 is 2.21 bits per heavy atom. The van der Waals surface area contributed by atoms with Crippen molar-refractivity contribution in [3.63, 3.8) is 0 Å². The van der Waals surface area contributed by atoms with Gasteiger partial charge in [0.15, 0.2) is 0 Å². The van der Waals surface area contributed by atoms with E-state index in [0.717, 1.165) is 38.0 Å². The van der Waals surface area contributed by atoms with Crippen molar-refractivity contribution in [1.29, 1.82) is 0 Å². The van der Waals surface area contributed by atoms with E-state index in [1.54, 1.807) is 6.20 Å². The second kappa shape index (κ2) is 7.50. The van der Waals surface area contributed by atoms with Crippen LogP contribution < -0.4 is 5.32 Å². The van der Waals surface area contributed by atoms with Crippen LogP contribution in [0.2, 0.25) is 0 Å². The largest absolute Gasteiger partial charge is 0.343 e. The van der Waals surface area contributed by atoms with Crippen LogP contribution in [-0.2, 0) is 18.3 Å². The van der Waals surface area contributed by atoms with Gasteiger partial charge in [0.1, 0.15) is 0 Å². The van der Waals surface area contributed by atoms with Gasteiger partial charge in [-0.15, -0.1) is 12.4 Å². The van der Waals surface area contributed by atoms with Crippen molar-refractivity contribution < 1.29 is 4.79 Å². The molecule has 0 saturated carbocycles. The van der Waals surface area contributed by atoms with Gasteiger partial charge < -0.3 is 10.2 Å². The Labute approximate surface area is 120 Å². The van der Waals surface area contributed by atoms with E-state index in [4.69, 9.17) is 0 Å². The number of hydrogen-bond donors (Lipinski definition) is 1. The summed E-state index contributed by atoms with van der Waals surface area (Å²) < 4.78 is 1.83. The molecule has 1 fully saturated rings. The number of aromatic nitrogens is 2. The first-order valence-electron chi connectivity index (χ1n) is 6.61. The number of carbonyl (C=O) groups excluding carboxylic acids is 1. The van der Waals surface area contributed by atoms with E-state index in [-0.39, 0.29) is 18.3 Å². The highest BCUT2D eigenvalue weighted by Crippen LogP contribution is 2.12. The minimum Gasteiger partial charge on any atom is -0.343 e. The van der Waals surface area contributed by atoms with Gasteiger partial charge in [-0.2, -0.15) is 5.10 Å². The van der Waals surface area contributed by atoms with Crippen LogP contribution in [0.5, 0.6) is 0 Å². The summed E-state index contributed by atoms with van der Waals surface area (Å²) >= 11 is 0. The smallest absolute Gasteiger partial charge is 0.222 e. The van der Waals surface area contributed by atoms with Crippen molar-refractivity contribution in [2.24, 2.45) is 7.05 Å². The molecule has 1 saturated heterocycles. The highest BCUT2D eigenvalue weighted by molar-refractivity contribution is 5.85. The van der Waals surface area contributed by atoms with Crippen LogP contribution in [0.15, 0.2) is 12.3 Å². The molecule has 1 N–H and O–H groups in total. The fourth-order valence-electron chi connectivity index (χ4n) is 2.46. The maximum absolute atomic E-state index is 12.1. The van der Waals surface area contributed by atoms with Gasteiger partial charge in [-0.3, -0.25) is 9.48 Å². The number of carbonyl (C=O) groups is 1. The number of nitrogens with zero attached hydrogens (tertiary/aromatic N) is 3. The summed E-state index contributed by atoms with van der Waals surface area (Å²) in [7, 11) is 3.85. The second-order valence-corrected chi connectivity index (χ2v) is 4.93. The third-order valence-electron chi connectivity index (χ3n) is 3.77. The zero-order chi connectivity index (χ0) is 13.0. The fraction of sp³-hybridized carbons (Fsp3) is 0.692. The van der Waals surface area contributed by atoms with E-state index >= 15 is 0 Å². The molecule has 1 aromatic heterocycles. The number of hydrogen-bond acceptors (Lipinski definition) is 3. The Hall–Kier alpha value is -1.07. The average molecular weight is 287 g/mol. The van der Waals surface area contributed by atoms with Crippen molar-refractivity contribution in [2.75, 3.05) is 20.1 Å². The third-order valence-corrected chi connectivity index (χ3v) is 3.77. The molecule has 2 rings (SSSR count). The predicted octanol–water partition coefficient (Wildman–Crippen LogP) is 0.985. The minimum absolute atomic E-state index is 0. The van der Waals surface area contributed by atoms with Crippen molar-refractivity contribution in [3.05, 3.63) is 18.0 Å². The molecule has 1 aliphatic rings. The van der Waals surface area contributed by atoms with Crippen molar-refractivity contribution in [2.45, 2.75) is 31.7 Å². The number of halogens is 1. The summed E-state index contributed by atoms with van der Waals surface area (Å²) in [6.07, 6.45) is 5.24. The Morgan fingerprint density at radius 1 is 1.53 bits per heavy atom. The number of piperidine rings is 1. The lowest BCUT2D eigenvalue weighted by Crippen LogP contribution is -2.44. The van der Waals surface area contributed by atoms with E-state index in [1.807, 2.05) is 29.7 Å². The Balaban J connectivity index is 0.00000180. The Morgan fingerprint density at radius 3 is 2.79 bits per heavy atom. The maximum atomic E-state index is 12.1. The third kappa shape index (κ3) is 4.21. The van der Waals surface area contributed by atoms with Crippen molar-refractivity contribution in [3.8, 4) is 0 Å². The molecule has 19 heavy (non-hydrogen) atoms. The van der Waals surface area contributed by atoms with Gasteiger partial charge in [-0.25, -0.2) is 0 Å². The first-order chi connectivity index (χ1) is 8.68. The summed E-state index contributed by atoms with van der Waals surface area (Å²) in [6, 6.07) is 2.38. The van der Waals surface area contributed by atoms with E-state index < -0.39 is 0 Å². The van der Waals surface area contributed by atoms with Gasteiger partial charge in [-0.05, 0) is 38.4 Å². The molecule has 0 unspecified atom stereocenters. The molecule has 0 radical (unpaired) electrons. The van der Waals surface area contributed by atoms with E-state index in [1.165, 1.54) is 0 Å². The summed E-state index contributed by atoms with van der Waals surface area (Å²) in [5.74, 6) is 0.239. The van der Waals surface area contributed by atoms with Gasteiger partial charge in [0, 0.05) is 38.4 Å². The fourth-order valence-corrected chi connectivity index (χ4v) is 2.46. The van der Waals surface area contributed by atoms with Crippen molar-refractivity contribution >= 4 is 18.3 Å². The van der Waals surface area contributed by atoms with Crippen LogP contribution in [0, 0.1) is 0 Å². The highest BCUT2D eigenvalue weighted by Gasteiger charge is 2.21. The molecular weight excluding hydrogens is 264 g/mol. The Kier molecular flexibility index (Phi) is 6.31. The highest BCUT2D eigenvalue weighted by atomic mass is 35.5. The molecule has 1 aromatic rings. The first-order valence-corrected chi connectivity index (χ1v) is 6.61. The molecule has 1 aliphatic heterocycles.